The van der Waals surface area contributed by atoms with Crippen LogP contribution in [0.5, 0.6) is 0 Å². The number of nitrogens with two attached hydrogens (primary N) is 1. The first-order valence-electron chi connectivity index (χ1n) is 4.64. The Labute approximate surface area is 87.9 Å². The van der Waals surface area contributed by atoms with Crippen LogP contribution in [0.15, 0.2) is 24.5 Å². The molecule has 2 rings (SSSR count). The van der Waals surface area contributed by atoms with E-state index in [-0.39, 0.29) is 0 Å². The molecule has 0 aliphatic carbocycles. The fraction of sp³-hybridized carbons (Fsp3) is 0.200. The molecule has 0 aliphatic heterocycles. The van der Waals surface area contributed by atoms with Crippen molar-refractivity contribution in [2.24, 2.45) is 7.05 Å². The fourth-order valence-electron chi connectivity index (χ4n) is 1.29. The van der Waals surface area contributed by atoms with E-state index in [9.17, 15) is 0 Å². The average Bonchev–Trinajstić information content (AvgIpc) is 2.58. The van der Waals surface area contributed by atoms with E-state index in [1.807, 2.05) is 32.3 Å². The Bertz CT molecular complexity index is 474. The summed E-state index contributed by atoms with van der Waals surface area (Å²) in [6.45, 7) is 1.92. The number of nitrogen functional groups attached to an aromatic ring is 1. The lowest BCUT2D eigenvalue weighted by atomic mass is 10.3. The molecule has 0 spiro atoms. The normalized spacial score (nSPS) is 10.3. The maximum atomic E-state index is 5.79. The number of hydrogen-bond donors (Lipinski definition) is 2. The summed E-state index contributed by atoms with van der Waals surface area (Å²) in [6, 6.07) is 3.71. The van der Waals surface area contributed by atoms with Crippen LogP contribution in [-0.2, 0) is 7.05 Å². The van der Waals surface area contributed by atoms with E-state index in [0.717, 1.165) is 11.4 Å². The summed E-state index contributed by atoms with van der Waals surface area (Å²) in [7, 11) is 1.86. The van der Waals surface area contributed by atoms with Crippen LogP contribution in [0.25, 0.3) is 0 Å². The van der Waals surface area contributed by atoms with E-state index < -0.39 is 0 Å². The standard InChI is InChI=1S/C10H13N5/c1-7-3-4-9(11)10(13-7)14-8-5-12-15(2)6-8/h3-6H,11H2,1-2H3,(H,13,14). The first-order valence-corrected chi connectivity index (χ1v) is 4.64. The van der Waals surface area contributed by atoms with Crippen LogP contribution in [0, 0.1) is 6.92 Å². The van der Waals surface area contributed by atoms with E-state index in [0.29, 0.717) is 11.5 Å². The zero-order valence-electron chi connectivity index (χ0n) is 8.73. The molecule has 0 unspecified atom stereocenters. The van der Waals surface area contributed by atoms with Gasteiger partial charge < -0.3 is 11.1 Å². The Balaban J connectivity index is 2.27. The fourth-order valence-corrected chi connectivity index (χ4v) is 1.29. The van der Waals surface area contributed by atoms with Crippen LogP contribution in [0.4, 0.5) is 17.2 Å². The second kappa shape index (κ2) is 3.61. The maximum absolute atomic E-state index is 5.79. The van der Waals surface area contributed by atoms with Gasteiger partial charge in [-0.05, 0) is 19.1 Å². The van der Waals surface area contributed by atoms with Gasteiger partial charge in [0, 0.05) is 18.9 Å². The lowest BCUT2D eigenvalue weighted by Gasteiger charge is -2.06. The van der Waals surface area contributed by atoms with Crippen molar-refractivity contribution < 1.29 is 0 Å². The second-order valence-electron chi connectivity index (χ2n) is 3.42. The van der Waals surface area contributed by atoms with Gasteiger partial charge in [0.1, 0.15) is 0 Å². The third-order valence-electron chi connectivity index (χ3n) is 2.03. The number of nitrogens with one attached hydrogen (secondary N) is 1. The molecule has 2 aromatic rings. The molecule has 0 amide bonds. The highest BCUT2D eigenvalue weighted by atomic mass is 15.3. The molecule has 5 nitrogen and oxygen atoms in total. The van der Waals surface area contributed by atoms with Gasteiger partial charge in [-0.1, -0.05) is 0 Å². The van der Waals surface area contributed by atoms with Gasteiger partial charge in [-0.25, -0.2) is 4.98 Å². The van der Waals surface area contributed by atoms with Gasteiger partial charge in [0.25, 0.3) is 0 Å². The molecule has 15 heavy (non-hydrogen) atoms. The number of pyridine rings is 1. The molecule has 3 N–H and O–H groups in total. The van der Waals surface area contributed by atoms with E-state index in [1.165, 1.54) is 0 Å². The van der Waals surface area contributed by atoms with Crippen molar-refractivity contribution in [3.05, 3.63) is 30.2 Å². The van der Waals surface area contributed by atoms with Crippen molar-refractivity contribution in [3.8, 4) is 0 Å². The lowest BCUT2D eigenvalue weighted by molar-refractivity contribution is 0.768. The molecule has 0 aliphatic rings. The highest BCUT2D eigenvalue weighted by Crippen LogP contribution is 2.20. The van der Waals surface area contributed by atoms with Gasteiger partial charge in [-0.15, -0.1) is 0 Å². The highest BCUT2D eigenvalue weighted by molar-refractivity contribution is 5.67. The van der Waals surface area contributed by atoms with Gasteiger partial charge in [0.2, 0.25) is 0 Å². The summed E-state index contributed by atoms with van der Waals surface area (Å²) in [5.41, 5.74) is 8.22. The number of aryl methyl sites for hydroxylation is 2. The number of hydrogen-bond acceptors (Lipinski definition) is 4. The lowest BCUT2D eigenvalue weighted by Crippen LogP contribution is -1.99. The molecule has 0 fully saturated rings. The van der Waals surface area contributed by atoms with E-state index in [1.54, 1.807) is 10.9 Å². The maximum Gasteiger partial charge on any atom is 0.153 e. The summed E-state index contributed by atoms with van der Waals surface area (Å²) in [5.74, 6) is 0.669. The summed E-state index contributed by atoms with van der Waals surface area (Å²) in [6.07, 6.45) is 3.59. The zero-order valence-corrected chi connectivity index (χ0v) is 8.73. The first kappa shape index (κ1) is 9.51. The third kappa shape index (κ3) is 2.07. The van der Waals surface area contributed by atoms with Crippen LogP contribution >= 0.6 is 0 Å². The van der Waals surface area contributed by atoms with Crippen molar-refractivity contribution in [2.45, 2.75) is 6.92 Å². The molecule has 5 heteroatoms. The first-order chi connectivity index (χ1) is 7.15. The quantitative estimate of drug-likeness (QED) is 0.775. The van der Waals surface area contributed by atoms with Gasteiger partial charge >= 0.3 is 0 Å². The second-order valence-corrected chi connectivity index (χ2v) is 3.42. The minimum absolute atomic E-state index is 0.629. The Hall–Kier alpha value is -2.04. The SMILES string of the molecule is Cc1ccc(N)c(Nc2cnn(C)c2)n1. The van der Waals surface area contributed by atoms with Gasteiger partial charge in [0.15, 0.2) is 5.82 Å². The van der Waals surface area contributed by atoms with Crippen LogP contribution < -0.4 is 11.1 Å². The van der Waals surface area contributed by atoms with Crippen molar-refractivity contribution in [2.75, 3.05) is 11.1 Å². The van der Waals surface area contributed by atoms with Crippen molar-refractivity contribution in [3.63, 3.8) is 0 Å². The third-order valence-corrected chi connectivity index (χ3v) is 2.03. The Kier molecular flexibility index (Phi) is 2.29. The van der Waals surface area contributed by atoms with Crippen LogP contribution in [0.3, 0.4) is 0 Å². The van der Waals surface area contributed by atoms with E-state index >= 15 is 0 Å². The molecule has 0 saturated heterocycles. The largest absolute Gasteiger partial charge is 0.396 e. The predicted octanol–water partition coefficient (Wildman–Crippen LogP) is 1.45. The van der Waals surface area contributed by atoms with Gasteiger partial charge in [-0.2, -0.15) is 5.10 Å². The van der Waals surface area contributed by atoms with Gasteiger partial charge in [0.05, 0.1) is 17.6 Å². The minimum atomic E-state index is 0.629. The molecule has 0 saturated carbocycles. The summed E-state index contributed by atoms with van der Waals surface area (Å²) >= 11 is 0. The molecular formula is C10H13N5. The smallest absolute Gasteiger partial charge is 0.153 e. The molecular weight excluding hydrogens is 190 g/mol. The van der Waals surface area contributed by atoms with Crippen molar-refractivity contribution in [1.29, 1.82) is 0 Å². The Morgan fingerprint density at radius 1 is 1.40 bits per heavy atom. The van der Waals surface area contributed by atoms with E-state index in [2.05, 4.69) is 15.4 Å². The van der Waals surface area contributed by atoms with Crippen molar-refractivity contribution >= 4 is 17.2 Å². The van der Waals surface area contributed by atoms with Crippen LogP contribution in [0.1, 0.15) is 5.69 Å². The molecule has 0 radical (unpaired) electrons. The monoisotopic (exact) mass is 203 g/mol. The molecule has 0 bridgehead atoms. The molecule has 78 valence electrons. The number of nitrogens with zero attached hydrogens (tertiary/aromatic N) is 3. The highest BCUT2D eigenvalue weighted by Gasteiger charge is 2.02. The zero-order chi connectivity index (χ0) is 10.8. The molecule has 2 heterocycles. The summed E-state index contributed by atoms with van der Waals surface area (Å²) in [5, 5.41) is 7.16. The van der Waals surface area contributed by atoms with Crippen molar-refractivity contribution in [1.82, 2.24) is 14.8 Å². The van der Waals surface area contributed by atoms with E-state index in [4.69, 9.17) is 5.73 Å². The Morgan fingerprint density at radius 2 is 2.20 bits per heavy atom. The number of anilines is 3. The van der Waals surface area contributed by atoms with Gasteiger partial charge in [-0.3, -0.25) is 4.68 Å². The molecule has 2 aromatic heterocycles. The average molecular weight is 203 g/mol. The summed E-state index contributed by atoms with van der Waals surface area (Å²) in [4.78, 5) is 4.30. The summed E-state index contributed by atoms with van der Waals surface area (Å²) < 4.78 is 1.72. The Morgan fingerprint density at radius 3 is 2.87 bits per heavy atom. The number of rotatable bonds is 2. The molecule has 0 aromatic carbocycles. The topological polar surface area (TPSA) is 68.8 Å². The minimum Gasteiger partial charge on any atom is -0.396 e. The number of aromatic nitrogens is 3. The van der Waals surface area contributed by atoms with Crippen LogP contribution in [0.2, 0.25) is 0 Å². The van der Waals surface area contributed by atoms with Crippen LogP contribution in [-0.4, -0.2) is 14.8 Å². The predicted molar refractivity (Wildman–Crippen MR) is 59.9 cm³/mol. The molecule has 0 atom stereocenters.